The molecular weight excluding hydrogens is 314 g/mol. The highest BCUT2D eigenvalue weighted by atomic mass is 32.2. The van der Waals surface area contributed by atoms with Crippen molar-refractivity contribution in [2.75, 3.05) is 17.6 Å². The van der Waals surface area contributed by atoms with E-state index in [1.54, 1.807) is 28.0 Å². The lowest BCUT2D eigenvalue weighted by Gasteiger charge is -2.23. The standard InChI is InChI=1S/C14H12F2N2OS2/c15-9-3-4-11(10(16)8-9)17-14(19)18-5-7-21-13(18)12-2-1-6-20-12/h1-4,6,8,13H,5,7H2,(H,17,19). The summed E-state index contributed by atoms with van der Waals surface area (Å²) in [6.45, 7) is 0.599. The molecule has 3 rings (SSSR count). The van der Waals surface area contributed by atoms with Crippen LogP contribution in [-0.4, -0.2) is 23.2 Å². The molecule has 1 unspecified atom stereocenters. The van der Waals surface area contributed by atoms with Crippen molar-refractivity contribution in [2.24, 2.45) is 0 Å². The number of thioether (sulfide) groups is 1. The van der Waals surface area contributed by atoms with Crippen LogP contribution in [0.3, 0.4) is 0 Å². The van der Waals surface area contributed by atoms with Crippen molar-refractivity contribution in [3.05, 3.63) is 52.2 Å². The summed E-state index contributed by atoms with van der Waals surface area (Å²) in [5.74, 6) is -0.608. The number of hydrogen-bond acceptors (Lipinski definition) is 3. The van der Waals surface area contributed by atoms with Gasteiger partial charge in [0.15, 0.2) is 0 Å². The molecule has 0 bridgehead atoms. The Morgan fingerprint density at radius 1 is 1.33 bits per heavy atom. The lowest BCUT2D eigenvalue weighted by molar-refractivity contribution is 0.214. The van der Waals surface area contributed by atoms with E-state index in [-0.39, 0.29) is 17.1 Å². The number of amides is 2. The van der Waals surface area contributed by atoms with Crippen LogP contribution in [0.15, 0.2) is 35.7 Å². The van der Waals surface area contributed by atoms with Gasteiger partial charge in [-0.3, -0.25) is 0 Å². The molecule has 1 aliphatic rings. The van der Waals surface area contributed by atoms with Crippen LogP contribution in [0.5, 0.6) is 0 Å². The van der Waals surface area contributed by atoms with Gasteiger partial charge in [-0.05, 0) is 23.6 Å². The van der Waals surface area contributed by atoms with E-state index < -0.39 is 11.6 Å². The van der Waals surface area contributed by atoms with Crippen LogP contribution in [0.25, 0.3) is 0 Å². The number of carbonyl (C=O) groups is 1. The number of thiophene rings is 1. The summed E-state index contributed by atoms with van der Waals surface area (Å²) < 4.78 is 26.5. The van der Waals surface area contributed by atoms with Crippen LogP contribution < -0.4 is 5.32 Å². The maximum absolute atomic E-state index is 13.6. The van der Waals surface area contributed by atoms with E-state index in [1.807, 2.05) is 17.5 Å². The van der Waals surface area contributed by atoms with Crippen molar-refractivity contribution in [1.82, 2.24) is 4.90 Å². The third-order valence-corrected chi connectivity index (χ3v) is 5.43. The summed E-state index contributed by atoms with van der Waals surface area (Å²) in [5, 5.41) is 4.42. The molecule has 1 aromatic carbocycles. The highest BCUT2D eigenvalue weighted by Gasteiger charge is 2.31. The third kappa shape index (κ3) is 3.03. The van der Waals surface area contributed by atoms with Crippen LogP contribution in [0, 0.1) is 11.6 Å². The fourth-order valence-electron chi connectivity index (χ4n) is 2.12. The molecule has 3 nitrogen and oxygen atoms in total. The maximum atomic E-state index is 13.6. The van der Waals surface area contributed by atoms with Gasteiger partial charge in [0.25, 0.3) is 0 Å². The zero-order valence-electron chi connectivity index (χ0n) is 10.9. The number of urea groups is 1. The minimum Gasteiger partial charge on any atom is -0.307 e. The van der Waals surface area contributed by atoms with Crippen LogP contribution in [0.1, 0.15) is 10.3 Å². The van der Waals surface area contributed by atoms with Gasteiger partial charge >= 0.3 is 6.03 Å². The summed E-state index contributed by atoms with van der Waals surface area (Å²) in [4.78, 5) is 15.1. The predicted molar refractivity (Wildman–Crippen MR) is 81.6 cm³/mol. The second-order valence-corrected chi connectivity index (χ2v) is 6.65. The fraction of sp³-hybridized carbons (Fsp3) is 0.214. The van der Waals surface area contributed by atoms with Crippen LogP contribution in [-0.2, 0) is 0 Å². The molecule has 2 aromatic rings. The van der Waals surface area contributed by atoms with E-state index in [9.17, 15) is 13.6 Å². The zero-order chi connectivity index (χ0) is 14.8. The second-order valence-electron chi connectivity index (χ2n) is 4.49. The number of carbonyl (C=O) groups excluding carboxylic acids is 1. The first-order valence-electron chi connectivity index (χ1n) is 6.33. The Bertz CT molecular complexity index is 648. The molecule has 1 aromatic heterocycles. The zero-order valence-corrected chi connectivity index (χ0v) is 12.5. The Hall–Kier alpha value is -1.60. The topological polar surface area (TPSA) is 32.3 Å². The summed E-state index contributed by atoms with van der Waals surface area (Å²) >= 11 is 3.26. The molecular formula is C14H12F2N2OS2. The largest absolute Gasteiger partial charge is 0.323 e. The summed E-state index contributed by atoms with van der Waals surface area (Å²) in [6.07, 6.45) is 0. The lowest BCUT2D eigenvalue weighted by atomic mass is 10.3. The van der Waals surface area contributed by atoms with E-state index in [1.165, 1.54) is 6.07 Å². The Morgan fingerprint density at radius 3 is 2.90 bits per heavy atom. The molecule has 0 spiro atoms. The molecule has 0 saturated carbocycles. The van der Waals surface area contributed by atoms with E-state index in [4.69, 9.17) is 0 Å². The van der Waals surface area contributed by atoms with Gasteiger partial charge in [0.1, 0.15) is 17.0 Å². The van der Waals surface area contributed by atoms with E-state index >= 15 is 0 Å². The molecule has 21 heavy (non-hydrogen) atoms. The van der Waals surface area contributed by atoms with Gasteiger partial charge in [-0.25, -0.2) is 13.6 Å². The first-order valence-corrected chi connectivity index (χ1v) is 8.25. The van der Waals surface area contributed by atoms with Crippen LogP contribution in [0.4, 0.5) is 19.3 Å². The number of rotatable bonds is 2. The molecule has 1 saturated heterocycles. The second kappa shape index (κ2) is 6.03. The van der Waals surface area contributed by atoms with Crippen molar-refractivity contribution in [1.29, 1.82) is 0 Å². The van der Waals surface area contributed by atoms with Gasteiger partial charge < -0.3 is 10.2 Å². The number of anilines is 1. The van der Waals surface area contributed by atoms with E-state index in [0.717, 1.165) is 22.8 Å². The molecule has 0 aliphatic carbocycles. The Balaban J connectivity index is 1.75. The average molecular weight is 326 g/mol. The van der Waals surface area contributed by atoms with Gasteiger partial charge in [0.05, 0.1) is 5.69 Å². The van der Waals surface area contributed by atoms with Crippen molar-refractivity contribution in [2.45, 2.75) is 5.37 Å². The SMILES string of the molecule is O=C(Nc1ccc(F)cc1F)N1CCSC1c1cccs1. The number of nitrogens with zero attached hydrogens (tertiary/aromatic N) is 1. The van der Waals surface area contributed by atoms with Crippen molar-refractivity contribution in [3.8, 4) is 0 Å². The van der Waals surface area contributed by atoms with Crippen molar-refractivity contribution >= 4 is 34.8 Å². The third-order valence-electron chi connectivity index (χ3n) is 3.11. The van der Waals surface area contributed by atoms with E-state index in [2.05, 4.69) is 5.32 Å². The number of benzene rings is 1. The van der Waals surface area contributed by atoms with Gasteiger partial charge in [0.2, 0.25) is 0 Å². The molecule has 7 heteroatoms. The van der Waals surface area contributed by atoms with E-state index in [0.29, 0.717) is 6.54 Å². The molecule has 1 atom stereocenters. The monoisotopic (exact) mass is 326 g/mol. The highest BCUT2D eigenvalue weighted by Crippen LogP contribution is 2.40. The number of halogens is 2. The molecule has 0 radical (unpaired) electrons. The van der Waals surface area contributed by atoms with Gasteiger partial charge in [-0.15, -0.1) is 23.1 Å². The van der Waals surface area contributed by atoms with Crippen molar-refractivity contribution < 1.29 is 13.6 Å². The predicted octanol–water partition coefficient (Wildman–Crippen LogP) is 4.31. The van der Waals surface area contributed by atoms with Crippen LogP contribution >= 0.6 is 23.1 Å². The minimum absolute atomic E-state index is 0.0109. The average Bonchev–Trinajstić information content (AvgIpc) is 3.10. The molecule has 2 amide bonds. The van der Waals surface area contributed by atoms with Gasteiger partial charge in [-0.2, -0.15) is 0 Å². The van der Waals surface area contributed by atoms with Crippen LogP contribution in [0.2, 0.25) is 0 Å². The first-order chi connectivity index (χ1) is 10.1. The smallest absolute Gasteiger partial charge is 0.307 e. The molecule has 2 heterocycles. The Labute approximate surface area is 129 Å². The van der Waals surface area contributed by atoms with Gasteiger partial charge in [0, 0.05) is 23.2 Å². The summed E-state index contributed by atoms with van der Waals surface area (Å²) in [5.41, 5.74) is -0.0109. The fourth-order valence-corrected chi connectivity index (χ4v) is 4.36. The van der Waals surface area contributed by atoms with Gasteiger partial charge in [-0.1, -0.05) is 6.07 Å². The summed E-state index contributed by atoms with van der Waals surface area (Å²) in [7, 11) is 0. The maximum Gasteiger partial charge on any atom is 0.323 e. The number of hydrogen-bond donors (Lipinski definition) is 1. The normalized spacial score (nSPS) is 18.0. The Morgan fingerprint density at radius 2 is 2.19 bits per heavy atom. The van der Waals surface area contributed by atoms with Crippen molar-refractivity contribution in [3.63, 3.8) is 0 Å². The quantitative estimate of drug-likeness (QED) is 0.892. The summed E-state index contributed by atoms with van der Waals surface area (Å²) in [6, 6.07) is 6.65. The minimum atomic E-state index is -0.775. The molecule has 1 fully saturated rings. The molecule has 110 valence electrons. The lowest BCUT2D eigenvalue weighted by Crippen LogP contribution is -2.34. The number of nitrogens with one attached hydrogen (secondary N) is 1. The highest BCUT2D eigenvalue weighted by molar-refractivity contribution is 7.99. The molecule has 1 N–H and O–H groups in total. The first kappa shape index (κ1) is 14.3. The Kier molecular flexibility index (Phi) is 4.12. The molecule has 1 aliphatic heterocycles.